The van der Waals surface area contributed by atoms with Crippen LogP contribution in [-0.2, 0) is 9.59 Å². The Morgan fingerprint density at radius 1 is 1.14 bits per heavy atom. The molecule has 2 aliphatic rings. The van der Waals surface area contributed by atoms with E-state index in [-0.39, 0.29) is 23.4 Å². The van der Waals surface area contributed by atoms with Gasteiger partial charge < -0.3 is 10.2 Å². The van der Waals surface area contributed by atoms with Gasteiger partial charge >= 0.3 is 0 Å². The number of carbonyl (C=O) groups excluding carboxylic acids is 2. The molecule has 1 N–H and O–H groups in total. The summed E-state index contributed by atoms with van der Waals surface area (Å²) < 4.78 is 0. The Labute approximate surface area is 125 Å². The molecule has 1 heterocycles. The maximum absolute atomic E-state index is 13.0. The lowest BCUT2D eigenvalue weighted by Gasteiger charge is -2.47. The molecule has 0 bridgehead atoms. The van der Waals surface area contributed by atoms with Crippen molar-refractivity contribution in [3.63, 3.8) is 0 Å². The molecular weight excluding hydrogens is 264 g/mol. The lowest BCUT2D eigenvalue weighted by Crippen LogP contribution is -2.64. The van der Waals surface area contributed by atoms with Crippen LogP contribution in [0, 0.1) is 0 Å². The zero-order chi connectivity index (χ0) is 15.0. The second kappa shape index (κ2) is 5.17. The van der Waals surface area contributed by atoms with Crippen LogP contribution < -0.4 is 5.32 Å². The summed E-state index contributed by atoms with van der Waals surface area (Å²) in [6.07, 6.45) is 4.23. The van der Waals surface area contributed by atoms with Crippen LogP contribution in [0.2, 0.25) is 0 Å². The van der Waals surface area contributed by atoms with Gasteiger partial charge in [-0.15, -0.1) is 0 Å². The summed E-state index contributed by atoms with van der Waals surface area (Å²) in [5.41, 5.74) is 0.677. The van der Waals surface area contributed by atoms with Crippen LogP contribution in [0.15, 0.2) is 30.3 Å². The molecule has 1 aliphatic heterocycles. The minimum Gasteiger partial charge on any atom is -0.339 e. The van der Waals surface area contributed by atoms with Crippen molar-refractivity contribution in [2.75, 3.05) is 0 Å². The smallest absolute Gasteiger partial charge is 0.250 e. The van der Waals surface area contributed by atoms with E-state index in [0.717, 1.165) is 31.2 Å². The van der Waals surface area contributed by atoms with Crippen molar-refractivity contribution in [1.29, 1.82) is 0 Å². The first-order valence-electron chi connectivity index (χ1n) is 7.71. The van der Waals surface area contributed by atoms with Crippen molar-refractivity contribution in [1.82, 2.24) is 10.2 Å². The highest BCUT2D eigenvalue weighted by Crippen LogP contribution is 2.39. The topological polar surface area (TPSA) is 49.4 Å². The molecule has 112 valence electrons. The van der Waals surface area contributed by atoms with Crippen molar-refractivity contribution in [2.45, 2.75) is 57.2 Å². The molecular formula is C17H22N2O2. The Hall–Kier alpha value is -1.84. The fourth-order valence-electron chi connectivity index (χ4n) is 3.75. The summed E-state index contributed by atoms with van der Waals surface area (Å²) in [5, 5.41) is 2.87. The molecule has 2 amide bonds. The van der Waals surface area contributed by atoms with Gasteiger partial charge in [0.2, 0.25) is 5.91 Å². The molecule has 1 aromatic carbocycles. The zero-order valence-corrected chi connectivity index (χ0v) is 12.6. The third-order valence-electron chi connectivity index (χ3n) is 4.93. The summed E-state index contributed by atoms with van der Waals surface area (Å²) in [5.74, 6) is -0.0331. The first-order valence-corrected chi connectivity index (χ1v) is 7.71. The first kappa shape index (κ1) is 14.1. The molecule has 1 aromatic rings. The van der Waals surface area contributed by atoms with Gasteiger partial charge in [0.05, 0.1) is 0 Å². The van der Waals surface area contributed by atoms with Gasteiger partial charge in [-0.3, -0.25) is 9.59 Å². The number of benzene rings is 1. The second-order valence-electron chi connectivity index (χ2n) is 6.44. The normalized spacial score (nSPS) is 28.6. The molecule has 4 heteroatoms. The van der Waals surface area contributed by atoms with Gasteiger partial charge in [0.25, 0.3) is 5.91 Å². The third kappa shape index (κ3) is 2.33. The van der Waals surface area contributed by atoms with E-state index in [1.807, 2.05) is 42.2 Å². The van der Waals surface area contributed by atoms with Crippen LogP contribution in [0.25, 0.3) is 0 Å². The van der Waals surface area contributed by atoms with E-state index in [1.165, 1.54) is 0 Å². The van der Waals surface area contributed by atoms with Crippen LogP contribution in [-0.4, -0.2) is 28.3 Å². The van der Waals surface area contributed by atoms with Crippen LogP contribution in [0.1, 0.15) is 51.1 Å². The van der Waals surface area contributed by atoms with Crippen LogP contribution >= 0.6 is 0 Å². The van der Waals surface area contributed by atoms with Gasteiger partial charge in [0, 0.05) is 5.54 Å². The first-order chi connectivity index (χ1) is 10.0. The Morgan fingerprint density at radius 3 is 2.38 bits per heavy atom. The molecule has 0 spiro atoms. The standard InChI is InChI=1S/C17H22N2O2/c1-12-15(20)18-14(13-8-4-3-5-9-13)16(21)19(12)17(2)10-6-7-11-17/h3-5,8-9,12,14H,6-7,10-11H2,1-2H3,(H,18,20). The quantitative estimate of drug-likeness (QED) is 0.907. The Morgan fingerprint density at radius 2 is 1.76 bits per heavy atom. The number of hydrogen-bond acceptors (Lipinski definition) is 2. The Balaban J connectivity index is 1.95. The highest BCUT2D eigenvalue weighted by atomic mass is 16.2. The van der Waals surface area contributed by atoms with Crippen molar-refractivity contribution < 1.29 is 9.59 Å². The van der Waals surface area contributed by atoms with Gasteiger partial charge in [0.1, 0.15) is 12.1 Å². The van der Waals surface area contributed by atoms with Gasteiger partial charge in [-0.2, -0.15) is 0 Å². The predicted molar refractivity (Wildman–Crippen MR) is 80.5 cm³/mol. The van der Waals surface area contributed by atoms with Gasteiger partial charge in [-0.05, 0) is 32.3 Å². The molecule has 1 aliphatic carbocycles. The van der Waals surface area contributed by atoms with Gasteiger partial charge in [-0.1, -0.05) is 43.2 Å². The van der Waals surface area contributed by atoms with Gasteiger partial charge in [0.15, 0.2) is 0 Å². The van der Waals surface area contributed by atoms with E-state index >= 15 is 0 Å². The number of nitrogens with one attached hydrogen (secondary N) is 1. The summed E-state index contributed by atoms with van der Waals surface area (Å²) >= 11 is 0. The maximum atomic E-state index is 13.0. The highest BCUT2D eigenvalue weighted by molar-refractivity contribution is 5.97. The summed E-state index contributed by atoms with van der Waals surface area (Å²) in [6, 6.07) is 8.56. The lowest BCUT2D eigenvalue weighted by molar-refractivity contribution is -0.155. The van der Waals surface area contributed by atoms with E-state index in [0.29, 0.717) is 0 Å². The van der Waals surface area contributed by atoms with E-state index in [9.17, 15) is 9.59 Å². The largest absolute Gasteiger partial charge is 0.339 e. The van der Waals surface area contributed by atoms with E-state index in [4.69, 9.17) is 0 Å². The second-order valence-corrected chi connectivity index (χ2v) is 6.44. The molecule has 1 saturated heterocycles. The fraction of sp³-hybridized carbons (Fsp3) is 0.529. The average Bonchev–Trinajstić information content (AvgIpc) is 2.91. The van der Waals surface area contributed by atoms with Crippen molar-refractivity contribution in [3.8, 4) is 0 Å². The number of amides is 2. The predicted octanol–water partition coefficient (Wildman–Crippen LogP) is 2.41. The fourth-order valence-corrected chi connectivity index (χ4v) is 3.75. The number of nitrogens with zero attached hydrogens (tertiary/aromatic N) is 1. The molecule has 21 heavy (non-hydrogen) atoms. The minimum absolute atomic E-state index is 0.0256. The number of carbonyl (C=O) groups is 2. The molecule has 2 atom stereocenters. The van der Waals surface area contributed by atoms with Gasteiger partial charge in [-0.25, -0.2) is 0 Å². The molecule has 2 unspecified atom stereocenters. The van der Waals surface area contributed by atoms with Crippen molar-refractivity contribution >= 4 is 11.8 Å². The summed E-state index contributed by atoms with van der Waals surface area (Å²) in [4.78, 5) is 27.2. The van der Waals surface area contributed by atoms with Crippen LogP contribution in [0.4, 0.5) is 0 Å². The van der Waals surface area contributed by atoms with E-state index in [2.05, 4.69) is 12.2 Å². The lowest BCUT2D eigenvalue weighted by atomic mass is 9.91. The van der Waals surface area contributed by atoms with Crippen LogP contribution in [0.3, 0.4) is 0 Å². The van der Waals surface area contributed by atoms with Crippen molar-refractivity contribution in [3.05, 3.63) is 35.9 Å². The average molecular weight is 286 g/mol. The Bertz CT molecular complexity index is 549. The van der Waals surface area contributed by atoms with E-state index < -0.39 is 6.04 Å². The highest BCUT2D eigenvalue weighted by Gasteiger charge is 2.48. The molecule has 0 radical (unpaired) electrons. The number of rotatable bonds is 2. The van der Waals surface area contributed by atoms with Crippen molar-refractivity contribution in [2.24, 2.45) is 0 Å². The number of piperazine rings is 1. The molecule has 1 saturated carbocycles. The van der Waals surface area contributed by atoms with Crippen LogP contribution in [0.5, 0.6) is 0 Å². The van der Waals surface area contributed by atoms with E-state index in [1.54, 1.807) is 0 Å². The molecule has 4 nitrogen and oxygen atoms in total. The minimum atomic E-state index is -0.549. The maximum Gasteiger partial charge on any atom is 0.250 e. The molecule has 2 fully saturated rings. The number of hydrogen-bond donors (Lipinski definition) is 1. The monoisotopic (exact) mass is 286 g/mol. The summed E-state index contributed by atoms with van der Waals surface area (Å²) in [6.45, 7) is 3.95. The summed E-state index contributed by atoms with van der Waals surface area (Å²) in [7, 11) is 0. The zero-order valence-electron chi connectivity index (χ0n) is 12.6. The molecule has 0 aromatic heterocycles. The third-order valence-corrected chi connectivity index (χ3v) is 4.93. The SMILES string of the molecule is CC1C(=O)NC(c2ccccc2)C(=O)N1C1(C)CCCC1. The Kier molecular flexibility index (Phi) is 3.47. The molecule has 3 rings (SSSR count).